The van der Waals surface area contributed by atoms with E-state index >= 15 is 0 Å². The Morgan fingerprint density at radius 1 is 1.33 bits per heavy atom. The summed E-state index contributed by atoms with van der Waals surface area (Å²) in [5, 5.41) is 1.85. The number of rotatable bonds is 3. The third-order valence-electron chi connectivity index (χ3n) is 3.07. The lowest BCUT2D eigenvalue weighted by atomic mass is 10.2. The second kappa shape index (κ2) is 7.07. The van der Waals surface area contributed by atoms with Crippen molar-refractivity contribution < 1.29 is 4.79 Å². The molecule has 1 aromatic heterocycles. The lowest BCUT2D eigenvalue weighted by Gasteiger charge is -2.20. The van der Waals surface area contributed by atoms with Gasteiger partial charge in [0.25, 0.3) is 5.91 Å². The number of amides is 1. The van der Waals surface area contributed by atoms with Crippen molar-refractivity contribution in [2.24, 2.45) is 5.73 Å². The maximum atomic E-state index is 12.6. The number of benzene rings is 1. The highest BCUT2D eigenvalue weighted by Crippen LogP contribution is 2.21. The second-order valence-corrected chi connectivity index (χ2v) is 5.50. The lowest BCUT2D eigenvalue weighted by Crippen LogP contribution is -2.30. The number of aryl methyl sites for hydroxylation is 1. The number of nitrogens with zero attached hydrogens (tertiary/aromatic N) is 1. The van der Waals surface area contributed by atoms with Crippen LogP contribution in [0, 0.1) is 18.8 Å². The van der Waals surface area contributed by atoms with Crippen molar-refractivity contribution in [3.8, 4) is 11.8 Å². The fraction of sp³-hybridized carbons (Fsp3) is 0.235. The SMILES string of the molecule is CCN(C(=O)c1csc(C#CCN)c1)c1ccc(C)cc1. The predicted molar refractivity (Wildman–Crippen MR) is 88.8 cm³/mol. The van der Waals surface area contributed by atoms with Gasteiger partial charge in [-0.15, -0.1) is 11.3 Å². The third kappa shape index (κ3) is 3.72. The van der Waals surface area contributed by atoms with Gasteiger partial charge in [-0.1, -0.05) is 29.5 Å². The van der Waals surface area contributed by atoms with E-state index in [1.165, 1.54) is 16.9 Å². The van der Waals surface area contributed by atoms with Gasteiger partial charge in [-0.05, 0) is 32.0 Å². The third-order valence-corrected chi connectivity index (χ3v) is 3.91. The number of hydrogen-bond acceptors (Lipinski definition) is 3. The number of nitrogens with two attached hydrogens (primary N) is 1. The van der Waals surface area contributed by atoms with Crippen molar-refractivity contribution in [1.29, 1.82) is 0 Å². The number of carbonyl (C=O) groups is 1. The van der Waals surface area contributed by atoms with E-state index in [2.05, 4.69) is 11.8 Å². The molecule has 2 aromatic rings. The minimum Gasteiger partial charge on any atom is -0.320 e. The molecule has 0 spiro atoms. The Kier molecular flexibility index (Phi) is 5.15. The van der Waals surface area contributed by atoms with E-state index in [9.17, 15) is 4.79 Å². The van der Waals surface area contributed by atoms with Crippen molar-refractivity contribution in [3.63, 3.8) is 0 Å². The van der Waals surface area contributed by atoms with Gasteiger partial charge in [-0.3, -0.25) is 4.79 Å². The van der Waals surface area contributed by atoms with Crippen LogP contribution >= 0.6 is 11.3 Å². The Bertz CT molecular complexity index is 677. The van der Waals surface area contributed by atoms with E-state index in [0.29, 0.717) is 18.7 Å². The molecule has 4 heteroatoms. The molecule has 0 saturated heterocycles. The van der Waals surface area contributed by atoms with Gasteiger partial charge in [0.1, 0.15) is 0 Å². The van der Waals surface area contributed by atoms with Crippen LogP contribution in [0.1, 0.15) is 27.7 Å². The molecule has 21 heavy (non-hydrogen) atoms. The zero-order valence-corrected chi connectivity index (χ0v) is 13.0. The van der Waals surface area contributed by atoms with Gasteiger partial charge < -0.3 is 10.6 Å². The summed E-state index contributed by atoms with van der Waals surface area (Å²) in [6.45, 7) is 4.95. The fourth-order valence-electron chi connectivity index (χ4n) is 1.98. The van der Waals surface area contributed by atoms with Gasteiger partial charge in [0.05, 0.1) is 17.0 Å². The molecule has 0 radical (unpaired) electrons. The van der Waals surface area contributed by atoms with Crippen molar-refractivity contribution in [3.05, 3.63) is 51.7 Å². The van der Waals surface area contributed by atoms with Crippen LogP contribution in [0.15, 0.2) is 35.7 Å². The normalized spacial score (nSPS) is 9.86. The Morgan fingerprint density at radius 2 is 2.05 bits per heavy atom. The summed E-state index contributed by atoms with van der Waals surface area (Å²) < 4.78 is 0. The molecule has 2 rings (SSSR count). The van der Waals surface area contributed by atoms with E-state index in [-0.39, 0.29) is 5.91 Å². The zero-order valence-electron chi connectivity index (χ0n) is 12.2. The molecule has 108 valence electrons. The Morgan fingerprint density at radius 3 is 2.67 bits per heavy atom. The Labute approximate surface area is 129 Å². The average Bonchev–Trinajstić information content (AvgIpc) is 2.96. The molecule has 0 fully saturated rings. The van der Waals surface area contributed by atoms with Crippen molar-refractivity contribution in [2.75, 3.05) is 18.0 Å². The molecule has 0 atom stereocenters. The predicted octanol–water partition coefficient (Wildman–Crippen LogP) is 3.03. The number of carbonyl (C=O) groups excluding carboxylic acids is 1. The summed E-state index contributed by atoms with van der Waals surface area (Å²) in [6, 6.07) is 9.79. The molecule has 2 N–H and O–H groups in total. The molecule has 0 bridgehead atoms. The van der Waals surface area contributed by atoms with Crippen LogP contribution in [0.25, 0.3) is 0 Å². The first kappa shape index (κ1) is 15.3. The molecule has 1 amide bonds. The van der Waals surface area contributed by atoms with Crippen LogP contribution in [0.3, 0.4) is 0 Å². The molecule has 0 aliphatic heterocycles. The monoisotopic (exact) mass is 298 g/mol. The maximum absolute atomic E-state index is 12.6. The molecule has 0 saturated carbocycles. The molecule has 3 nitrogen and oxygen atoms in total. The van der Waals surface area contributed by atoms with E-state index in [1.54, 1.807) is 4.90 Å². The second-order valence-electron chi connectivity index (χ2n) is 4.59. The van der Waals surface area contributed by atoms with E-state index in [1.807, 2.05) is 49.6 Å². The standard InChI is InChI=1S/C17H18N2OS/c1-3-19(15-8-6-13(2)7-9-15)17(20)14-11-16(21-12-14)5-4-10-18/h6-9,11-12H,3,10,18H2,1-2H3. The summed E-state index contributed by atoms with van der Waals surface area (Å²) in [5.41, 5.74) is 8.12. The van der Waals surface area contributed by atoms with Crippen LogP contribution in [-0.2, 0) is 0 Å². The quantitative estimate of drug-likeness (QED) is 0.885. The van der Waals surface area contributed by atoms with Gasteiger partial charge in [0.2, 0.25) is 0 Å². The van der Waals surface area contributed by atoms with Gasteiger partial charge >= 0.3 is 0 Å². The first-order valence-corrected chi connectivity index (χ1v) is 7.69. The average molecular weight is 298 g/mol. The van der Waals surface area contributed by atoms with Crippen molar-refractivity contribution in [2.45, 2.75) is 13.8 Å². The van der Waals surface area contributed by atoms with E-state index in [0.717, 1.165) is 10.6 Å². The number of hydrogen-bond donors (Lipinski definition) is 1. The van der Waals surface area contributed by atoms with Crippen LogP contribution in [-0.4, -0.2) is 19.0 Å². The molecule has 0 unspecified atom stereocenters. The highest BCUT2D eigenvalue weighted by molar-refractivity contribution is 7.10. The minimum atomic E-state index is -0.00148. The topological polar surface area (TPSA) is 46.3 Å². The highest BCUT2D eigenvalue weighted by atomic mass is 32.1. The van der Waals surface area contributed by atoms with Gasteiger partial charge in [0.15, 0.2) is 0 Å². The van der Waals surface area contributed by atoms with Gasteiger partial charge in [0, 0.05) is 17.6 Å². The molecule has 1 aromatic carbocycles. The maximum Gasteiger partial charge on any atom is 0.259 e. The minimum absolute atomic E-state index is 0.00148. The van der Waals surface area contributed by atoms with E-state index < -0.39 is 0 Å². The lowest BCUT2D eigenvalue weighted by molar-refractivity contribution is 0.0988. The fourth-order valence-corrected chi connectivity index (χ4v) is 2.72. The molecule has 1 heterocycles. The first-order valence-electron chi connectivity index (χ1n) is 6.81. The summed E-state index contributed by atoms with van der Waals surface area (Å²) in [4.78, 5) is 15.2. The Hall–Kier alpha value is -2.09. The summed E-state index contributed by atoms with van der Waals surface area (Å²) in [7, 11) is 0. The summed E-state index contributed by atoms with van der Waals surface area (Å²) in [6.07, 6.45) is 0. The van der Waals surface area contributed by atoms with Crippen LogP contribution in [0.4, 0.5) is 5.69 Å². The molecular formula is C17H18N2OS. The van der Waals surface area contributed by atoms with Crippen molar-refractivity contribution in [1.82, 2.24) is 0 Å². The van der Waals surface area contributed by atoms with Crippen LogP contribution in [0.2, 0.25) is 0 Å². The first-order chi connectivity index (χ1) is 10.2. The Balaban J connectivity index is 2.24. The van der Waals surface area contributed by atoms with Crippen LogP contribution in [0.5, 0.6) is 0 Å². The highest BCUT2D eigenvalue weighted by Gasteiger charge is 2.17. The molecular weight excluding hydrogens is 280 g/mol. The smallest absolute Gasteiger partial charge is 0.259 e. The number of anilines is 1. The van der Waals surface area contributed by atoms with E-state index in [4.69, 9.17) is 5.73 Å². The van der Waals surface area contributed by atoms with Gasteiger partial charge in [-0.25, -0.2) is 0 Å². The molecule has 0 aliphatic carbocycles. The van der Waals surface area contributed by atoms with Crippen molar-refractivity contribution >= 4 is 22.9 Å². The molecule has 0 aliphatic rings. The van der Waals surface area contributed by atoms with Gasteiger partial charge in [-0.2, -0.15) is 0 Å². The zero-order chi connectivity index (χ0) is 15.2. The summed E-state index contributed by atoms with van der Waals surface area (Å²) >= 11 is 1.47. The number of thiophene rings is 1. The largest absolute Gasteiger partial charge is 0.320 e. The van der Waals surface area contributed by atoms with Crippen LogP contribution < -0.4 is 10.6 Å². The summed E-state index contributed by atoms with van der Waals surface area (Å²) in [5.74, 6) is 5.76.